The quantitative estimate of drug-likeness (QED) is 0.226. The van der Waals surface area contributed by atoms with Crippen LogP contribution in [0.4, 0.5) is 18.9 Å². The summed E-state index contributed by atoms with van der Waals surface area (Å²) >= 11 is 0. The topological polar surface area (TPSA) is 90.5 Å². The lowest BCUT2D eigenvalue weighted by Crippen LogP contribution is -2.16. The van der Waals surface area contributed by atoms with Gasteiger partial charge >= 0.3 is 12.1 Å². The van der Waals surface area contributed by atoms with E-state index in [2.05, 4.69) is 5.32 Å². The minimum absolute atomic E-state index is 0.103. The molecule has 0 bridgehead atoms. The second-order valence-electron chi connectivity index (χ2n) is 8.63. The largest absolute Gasteiger partial charge is 0.459 e. The van der Waals surface area contributed by atoms with Crippen molar-refractivity contribution >= 4 is 23.3 Å². The number of carbonyl (C=O) groups excluding carboxylic acids is 3. The standard InChI is InChI=1S/C28H23F3N2O5/c1-16-9-10-19(13-23(16)32-26(35)25-8-5-11-37-25)27(36)38-15-24(34)22-12-17(2)33(18(22)3)21-7-4-6-20(14-21)28(29,30)31/h4-14H,15H2,1-3H3,(H,32,35). The molecule has 0 aliphatic heterocycles. The number of esters is 1. The van der Waals surface area contributed by atoms with Gasteiger partial charge in [0.05, 0.1) is 17.4 Å². The van der Waals surface area contributed by atoms with Crippen molar-refractivity contribution in [1.82, 2.24) is 4.57 Å². The first-order chi connectivity index (χ1) is 18.0. The van der Waals surface area contributed by atoms with Gasteiger partial charge in [-0.05, 0) is 74.9 Å². The number of alkyl halides is 3. The van der Waals surface area contributed by atoms with Gasteiger partial charge in [0.2, 0.25) is 5.78 Å². The number of aryl methyl sites for hydroxylation is 2. The minimum atomic E-state index is -4.50. The van der Waals surface area contributed by atoms with Gasteiger partial charge in [-0.25, -0.2) is 4.79 Å². The van der Waals surface area contributed by atoms with Gasteiger partial charge in [-0.1, -0.05) is 12.1 Å². The molecule has 4 aromatic rings. The number of furan rings is 1. The molecule has 0 radical (unpaired) electrons. The molecule has 10 heteroatoms. The first kappa shape index (κ1) is 26.5. The summed E-state index contributed by atoms with van der Waals surface area (Å²) in [7, 11) is 0. The summed E-state index contributed by atoms with van der Waals surface area (Å²) < 4.78 is 51.3. The molecule has 38 heavy (non-hydrogen) atoms. The summed E-state index contributed by atoms with van der Waals surface area (Å²) in [5, 5.41) is 2.66. The molecule has 0 unspecified atom stereocenters. The number of aromatic nitrogens is 1. The molecule has 2 aromatic heterocycles. The fourth-order valence-corrected chi connectivity index (χ4v) is 4.03. The molecule has 2 aromatic carbocycles. The molecule has 196 valence electrons. The Morgan fingerprint density at radius 2 is 1.74 bits per heavy atom. The zero-order valence-electron chi connectivity index (χ0n) is 20.7. The summed E-state index contributed by atoms with van der Waals surface area (Å²) in [5.41, 5.74) is 1.83. The summed E-state index contributed by atoms with van der Waals surface area (Å²) in [6.45, 7) is 4.45. The third-order valence-corrected chi connectivity index (χ3v) is 5.96. The SMILES string of the molecule is Cc1ccc(C(=O)OCC(=O)c2cc(C)n(-c3cccc(C(F)(F)F)c3)c2C)cc1NC(=O)c1ccco1. The number of nitrogens with one attached hydrogen (secondary N) is 1. The van der Waals surface area contributed by atoms with Crippen LogP contribution in [0.2, 0.25) is 0 Å². The van der Waals surface area contributed by atoms with Crippen LogP contribution in [0.25, 0.3) is 5.69 Å². The summed E-state index contributed by atoms with van der Waals surface area (Å²) in [5.74, 6) is -1.68. The monoisotopic (exact) mass is 524 g/mol. The second-order valence-corrected chi connectivity index (χ2v) is 8.63. The molecule has 2 heterocycles. The predicted molar refractivity (Wildman–Crippen MR) is 133 cm³/mol. The van der Waals surface area contributed by atoms with Crippen molar-refractivity contribution in [3.05, 3.63) is 106 Å². The van der Waals surface area contributed by atoms with Gasteiger partial charge in [0, 0.05) is 28.3 Å². The van der Waals surface area contributed by atoms with Gasteiger partial charge in [-0.15, -0.1) is 0 Å². The Morgan fingerprint density at radius 3 is 2.42 bits per heavy atom. The van der Waals surface area contributed by atoms with E-state index in [9.17, 15) is 27.6 Å². The second kappa shape index (κ2) is 10.4. The van der Waals surface area contributed by atoms with Crippen molar-refractivity contribution in [2.24, 2.45) is 0 Å². The minimum Gasteiger partial charge on any atom is -0.459 e. The van der Waals surface area contributed by atoms with E-state index in [1.807, 2.05) is 0 Å². The Kier molecular flexibility index (Phi) is 7.25. The average molecular weight is 524 g/mol. The Balaban J connectivity index is 1.47. The smallest absolute Gasteiger partial charge is 0.416 e. The molecule has 0 aliphatic rings. The molecule has 1 N–H and O–H groups in total. The van der Waals surface area contributed by atoms with E-state index in [4.69, 9.17) is 9.15 Å². The highest BCUT2D eigenvalue weighted by atomic mass is 19.4. The molecule has 0 saturated heterocycles. The van der Waals surface area contributed by atoms with Gasteiger partial charge in [0.25, 0.3) is 5.91 Å². The lowest BCUT2D eigenvalue weighted by Gasteiger charge is -2.13. The highest BCUT2D eigenvalue weighted by Gasteiger charge is 2.31. The van der Waals surface area contributed by atoms with Crippen molar-refractivity contribution in [2.45, 2.75) is 26.9 Å². The van der Waals surface area contributed by atoms with Crippen LogP contribution < -0.4 is 5.32 Å². The highest BCUT2D eigenvalue weighted by molar-refractivity contribution is 6.04. The molecule has 4 rings (SSSR count). The molecule has 0 aliphatic carbocycles. The van der Waals surface area contributed by atoms with Crippen LogP contribution in [0.5, 0.6) is 0 Å². The van der Waals surface area contributed by atoms with Crippen LogP contribution in [0.3, 0.4) is 0 Å². The highest BCUT2D eigenvalue weighted by Crippen LogP contribution is 2.31. The predicted octanol–water partition coefficient (Wildman–Crippen LogP) is 6.31. The first-order valence-electron chi connectivity index (χ1n) is 11.5. The fraction of sp³-hybridized carbons (Fsp3) is 0.179. The zero-order valence-corrected chi connectivity index (χ0v) is 20.7. The van der Waals surface area contributed by atoms with Crippen molar-refractivity contribution in [3.8, 4) is 5.69 Å². The van der Waals surface area contributed by atoms with E-state index in [0.717, 1.165) is 12.1 Å². The Hall–Kier alpha value is -4.60. The number of hydrogen-bond acceptors (Lipinski definition) is 5. The maximum Gasteiger partial charge on any atom is 0.416 e. The van der Waals surface area contributed by atoms with E-state index >= 15 is 0 Å². The van der Waals surface area contributed by atoms with Crippen LogP contribution in [-0.4, -0.2) is 28.8 Å². The third-order valence-electron chi connectivity index (χ3n) is 5.96. The lowest BCUT2D eigenvalue weighted by atomic mass is 10.1. The van der Waals surface area contributed by atoms with Crippen molar-refractivity contribution < 1.29 is 36.7 Å². The van der Waals surface area contributed by atoms with Crippen molar-refractivity contribution in [1.29, 1.82) is 0 Å². The number of carbonyl (C=O) groups is 3. The number of hydrogen-bond donors (Lipinski definition) is 1. The van der Waals surface area contributed by atoms with E-state index in [1.54, 1.807) is 39.0 Å². The molecule has 0 spiro atoms. The number of anilines is 1. The number of benzene rings is 2. The van der Waals surface area contributed by atoms with Crippen LogP contribution in [0.15, 0.2) is 71.3 Å². The summed E-state index contributed by atoms with van der Waals surface area (Å²) in [4.78, 5) is 37.8. The van der Waals surface area contributed by atoms with Crippen molar-refractivity contribution in [2.75, 3.05) is 11.9 Å². The van der Waals surface area contributed by atoms with Gasteiger partial charge < -0.3 is 19.0 Å². The van der Waals surface area contributed by atoms with E-state index in [1.165, 1.54) is 41.2 Å². The number of halogens is 3. The fourth-order valence-electron chi connectivity index (χ4n) is 4.03. The number of amides is 1. The van der Waals surface area contributed by atoms with E-state index in [0.29, 0.717) is 22.6 Å². The lowest BCUT2D eigenvalue weighted by molar-refractivity contribution is -0.137. The number of ketones is 1. The van der Waals surface area contributed by atoms with Gasteiger partial charge in [-0.2, -0.15) is 13.2 Å². The number of Topliss-reactive ketones (excluding diaryl/α,β-unsaturated/α-hetero) is 1. The zero-order chi connectivity index (χ0) is 27.6. The van der Waals surface area contributed by atoms with Gasteiger partial charge in [0.15, 0.2) is 12.4 Å². The summed E-state index contributed by atoms with van der Waals surface area (Å²) in [6.07, 6.45) is -3.14. The van der Waals surface area contributed by atoms with Crippen LogP contribution in [0.1, 0.15) is 53.8 Å². The maximum absolute atomic E-state index is 13.2. The first-order valence-corrected chi connectivity index (χ1v) is 11.5. The molecule has 0 fully saturated rings. The summed E-state index contributed by atoms with van der Waals surface area (Å²) in [6, 6.07) is 14.0. The Bertz CT molecular complexity index is 1520. The Morgan fingerprint density at radius 1 is 0.974 bits per heavy atom. The number of nitrogens with zero attached hydrogens (tertiary/aromatic N) is 1. The van der Waals surface area contributed by atoms with Crippen LogP contribution >= 0.6 is 0 Å². The number of ether oxygens (including phenoxy) is 1. The van der Waals surface area contributed by atoms with Crippen molar-refractivity contribution in [3.63, 3.8) is 0 Å². The normalized spacial score (nSPS) is 11.3. The molecule has 7 nitrogen and oxygen atoms in total. The third kappa shape index (κ3) is 5.54. The van der Waals surface area contributed by atoms with E-state index < -0.39 is 36.0 Å². The maximum atomic E-state index is 13.2. The van der Waals surface area contributed by atoms with E-state index in [-0.39, 0.29) is 22.6 Å². The molecular formula is C28H23F3N2O5. The molecule has 0 saturated carbocycles. The number of rotatable bonds is 7. The molecule has 0 atom stereocenters. The van der Waals surface area contributed by atoms with Crippen LogP contribution in [-0.2, 0) is 10.9 Å². The van der Waals surface area contributed by atoms with Gasteiger partial charge in [-0.3, -0.25) is 9.59 Å². The average Bonchev–Trinajstić information content (AvgIpc) is 3.51. The molecule has 1 amide bonds. The van der Waals surface area contributed by atoms with Crippen LogP contribution in [0, 0.1) is 20.8 Å². The molecular weight excluding hydrogens is 501 g/mol. The van der Waals surface area contributed by atoms with Gasteiger partial charge in [0.1, 0.15) is 0 Å². The Labute approximate surface area is 215 Å².